The summed E-state index contributed by atoms with van der Waals surface area (Å²) in [5.74, 6) is 1.03. The molecule has 27 heavy (non-hydrogen) atoms. The fourth-order valence-corrected chi connectivity index (χ4v) is 4.38. The predicted octanol–water partition coefficient (Wildman–Crippen LogP) is 2.77. The molecule has 0 fully saturated rings. The van der Waals surface area contributed by atoms with E-state index in [1.165, 1.54) is 23.1 Å². The molecule has 0 aliphatic carbocycles. The molecule has 7 nitrogen and oxygen atoms in total. The molecule has 144 valence electrons. The Bertz CT molecular complexity index is 824. The molecule has 1 N–H and O–H groups in total. The maximum Gasteiger partial charge on any atom is 0.311 e. The zero-order valence-electron chi connectivity index (χ0n) is 15.0. The number of amides is 1. The largest absolute Gasteiger partial charge is 0.466 e. The smallest absolute Gasteiger partial charge is 0.311 e. The quantitative estimate of drug-likeness (QED) is 0.531. The van der Waals surface area contributed by atoms with Gasteiger partial charge in [-0.25, -0.2) is 4.98 Å². The number of fused-ring (bicyclic) bond motifs is 1. The summed E-state index contributed by atoms with van der Waals surface area (Å²) in [6.07, 6.45) is 0.148. The molecule has 0 bridgehead atoms. The number of ether oxygens (including phenoxy) is 3. The number of hydrogen-bond acceptors (Lipinski definition) is 8. The van der Waals surface area contributed by atoms with Gasteiger partial charge in [0.05, 0.1) is 24.0 Å². The third-order valence-corrected chi connectivity index (χ3v) is 5.83. The van der Waals surface area contributed by atoms with Crippen molar-refractivity contribution in [2.24, 2.45) is 0 Å². The number of hydrogen-bond donors (Lipinski definition) is 1. The molecule has 0 radical (unpaired) electrons. The van der Waals surface area contributed by atoms with Gasteiger partial charge >= 0.3 is 5.97 Å². The summed E-state index contributed by atoms with van der Waals surface area (Å²) in [6, 6.07) is 5.60. The van der Waals surface area contributed by atoms with Crippen LogP contribution in [-0.4, -0.2) is 35.5 Å². The lowest BCUT2D eigenvalue weighted by molar-refractivity contribution is -0.142. The number of nitrogens with one attached hydrogen (secondary N) is 1. The van der Waals surface area contributed by atoms with Crippen LogP contribution >= 0.6 is 23.1 Å². The summed E-state index contributed by atoms with van der Waals surface area (Å²) in [4.78, 5) is 28.2. The molecule has 1 atom stereocenters. The van der Waals surface area contributed by atoms with Crippen LogP contribution in [0.25, 0.3) is 0 Å². The Morgan fingerprint density at radius 2 is 2.19 bits per heavy atom. The molecule has 2 heterocycles. The van der Waals surface area contributed by atoms with Crippen molar-refractivity contribution in [1.29, 1.82) is 0 Å². The van der Waals surface area contributed by atoms with Gasteiger partial charge in [0.2, 0.25) is 12.7 Å². The zero-order valence-corrected chi connectivity index (χ0v) is 16.7. The van der Waals surface area contributed by atoms with Crippen molar-refractivity contribution < 1.29 is 23.8 Å². The summed E-state index contributed by atoms with van der Waals surface area (Å²) in [7, 11) is 0. The van der Waals surface area contributed by atoms with E-state index in [1.54, 1.807) is 6.92 Å². The van der Waals surface area contributed by atoms with Gasteiger partial charge in [-0.15, -0.1) is 11.3 Å². The lowest BCUT2D eigenvalue weighted by Crippen LogP contribution is -2.30. The van der Waals surface area contributed by atoms with E-state index in [9.17, 15) is 9.59 Å². The SMILES string of the molecule is CCOC(=O)Cc1csc(S[C@H](C)C(=O)NCc2ccc3c(c2)OCO3)n1. The molecule has 3 rings (SSSR count). The van der Waals surface area contributed by atoms with Crippen molar-refractivity contribution in [2.75, 3.05) is 13.4 Å². The van der Waals surface area contributed by atoms with Crippen LogP contribution < -0.4 is 14.8 Å². The zero-order chi connectivity index (χ0) is 19.2. The van der Waals surface area contributed by atoms with Crippen molar-refractivity contribution in [1.82, 2.24) is 10.3 Å². The second-order valence-corrected chi connectivity index (χ2v) is 8.20. The lowest BCUT2D eigenvalue weighted by atomic mass is 10.2. The number of carbonyl (C=O) groups is 2. The van der Waals surface area contributed by atoms with E-state index >= 15 is 0 Å². The highest BCUT2D eigenvalue weighted by molar-refractivity contribution is 8.02. The minimum atomic E-state index is -0.305. The minimum Gasteiger partial charge on any atom is -0.466 e. The number of thiazole rings is 1. The summed E-state index contributed by atoms with van der Waals surface area (Å²) in [6.45, 7) is 4.58. The monoisotopic (exact) mass is 408 g/mol. The maximum atomic E-state index is 12.3. The molecule has 0 unspecified atom stereocenters. The number of carbonyl (C=O) groups excluding carboxylic acids is 2. The Morgan fingerprint density at radius 1 is 1.37 bits per heavy atom. The Hall–Kier alpha value is -2.26. The number of thioether (sulfide) groups is 1. The fraction of sp³-hybridized carbons (Fsp3) is 0.389. The van der Waals surface area contributed by atoms with Crippen LogP contribution in [-0.2, 0) is 27.3 Å². The van der Waals surface area contributed by atoms with Crippen LogP contribution in [0.2, 0.25) is 0 Å². The topological polar surface area (TPSA) is 86.8 Å². The van der Waals surface area contributed by atoms with Crippen LogP contribution in [0, 0.1) is 0 Å². The van der Waals surface area contributed by atoms with Crippen LogP contribution in [0.1, 0.15) is 25.1 Å². The summed E-state index contributed by atoms with van der Waals surface area (Å²) in [5, 5.41) is 4.42. The Balaban J connectivity index is 1.48. The summed E-state index contributed by atoms with van der Waals surface area (Å²) < 4.78 is 16.3. The van der Waals surface area contributed by atoms with Gasteiger partial charge in [-0.3, -0.25) is 9.59 Å². The minimum absolute atomic E-state index is 0.0835. The molecule has 1 aromatic heterocycles. The fourth-order valence-electron chi connectivity index (χ4n) is 2.37. The average Bonchev–Trinajstić information content (AvgIpc) is 3.28. The van der Waals surface area contributed by atoms with E-state index in [1.807, 2.05) is 30.5 Å². The van der Waals surface area contributed by atoms with Crippen molar-refractivity contribution >= 4 is 35.0 Å². The summed E-state index contributed by atoms with van der Waals surface area (Å²) in [5.41, 5.74) is 1.60. The Kier molecular flexibility index (Phi) is 6.57. The van der Waals surface area contributed by atoms with Crippen LogP contribution in [0.15, 0.2) is 27.9 Å². The van der Waals surface area contributed by atoms with Crippen molar-refractivity contribution in [3.8, 4) is 11.5 Å². The van der Waals surface area contributed by atoms with Gasteiger partial charge in [0, 0.05) is 11.9 Å². The molecule has 2 aromatic rings. The Labute approximate surface area is 165 Å². The van der Waals surface area contributed by atoms with Crippen molar-refractivity contribution in [3.05, 3.63) is 34.8 Å². The van der Waals surface area contributed by atoms with Gasteiger partial charge in [-0.05, 0) is 31.5 Å². The van der Waals surface area contributed by atoms with Gasteiger partial charge < -0.3 is 19.5 Å². The first-order chi connectivity index (χ1) is 13.0. The van der Waals surface area contributed by atoms with E-state index in [4.69, 9.17) is 14.2 Å². The molecule has 0 spiro atoms. The molecule has 1 amide bonds. The van der Waals surface area contributed by atoms with Crippen LogP contribution in [0.4, 0.5) is 0 Å². The van der Waals surface area contributed by atoms with E-state index < -0.39 is 0 Å². The number of esters is 1. The van der Waals surface area contributed by atoms with E-state index in [-0.39, 0.29) is 30.3 Å². The molecule has 0 saturated heterocycles. The van der Waals surface area contributed by atoms with E-state index in [0.717, 1.165) is 15.7 Å². The first-order valence-electron chi connectivity index (χ1n) is 8.48. The van der Waals surface area contributed by atoms with E-state index in [2.05, 4.69) is 10.3 Å². The average molecular weight is 409 g/mol. The number of benzene rings is 1. The third-order valence-electron chi connectivity index (χ3n) is 3.71. The highest BCUT2D eigenvalue weighted by atomic mass is 32.2. The first kappa shape index (κ1) is 19.5. The lowest BCUT2D eigenvalue weighted by Gasteiger charge is -2.11. The van der Waals surface area contributed by atoms with Gasteiger partial charge in [-0.2, -0.15) is 0 Å². The second kappa shape index (κ2) is 9.09. The molecule has 0 saturated carbocycles. The Morgan fingerprint density at radius 3 is 3.00 bits per heavy atom. The first-order valence-corrected chi connectivity index (χ1v) is 10.2. The summed E-state index contributed by atoms with van der Waals surface area (Å²) >= 11 is 2.78. The maximum absolute atomic E-state index is 12.3. The number of aromatic nitrogens is 1. The van der Waals surface area contributed by atoms with E-state index in [0.29, 0.717) is 24.6 Å². The van der Waals surface area contributed by atoms with Crippen molar-refractivity contribution in [2.45, 2.75) is 36.4 Å². The van der Waals surface area contributed by atoms with Crippen LogP contribution in [0.5, 0.6) is 11.5 Å². The van der Waals surface area contributed by atoms with Gasteiger partial charge in [-0.1, -0.05) is 17.8 Å². The second-order valence-electron chi connectivity index (χ2n) is 5.75. The highest BCUT2D eigenvalue weighted by Crippen LogP contribution is 2.32. The molecule has 1 aliphatic rings. The highest BCUT2D eigenvalue weighted by Gasteiger charge is 2.18. The number of nitrogens with zero attached hydrogens (tertiary/aromatic N) is 1. The molecule has 9 heteroatoms. The van der Waals surface area contributed by atoms with Gasteiger partial charge in [0.15, 0.2) is 15.8 Å². The predicted molar refractivity (Wildman–Crippen MR) is 102 cm³/mol. The van der Waals surface area contributed by atoms with Crippen LogP contribution in [0.3, 0.4) is 0 Å². The van der Waals surface area contributed by atoms with Crippen molar-refractivity contribution in [3.63, 3.8) is 0 Å². The van der Waals surface area contributed by atoms with Gasteiger partial charge in [0.25, 0.3) is 0 Å². The molecular weight excluding hydrogens is 388 g/mol. The normalized spacial score (nSPS) is 13.3. The molecular formula is C18H20N2O5S2. The standard InChI is InChI=1S/C18H20N2O5S2/c1-3-23-16(21)7-13-9-26-18(20-13)27-11(2)17(22)19-8-12-4-5-14-15(6-12)25-10-24-14/h4-6,9,11H,3,7-8,10H2,1-2H3,(H,19,22)/t11-/m1/s1. The van der Waals surface area contributed by atoms with Gasteiger partial charge in [0.1, 0.15) is 0 Å². The molecule has 1 aliphatic heterocycles. The third kappa shape index (κ3) is 5.36. The number of rotatable bonds is 8. The molecule has 1 aromatic carbocycles.